The van der Waals surface area contributed by atoms with Gasteiger partial charge in [0.25, 0.3) is 0 Å². The van der Waals surface area contributed by atoms with E-state index in [0.717, 1.165) is 11.1 Å². The number of aryl methyl sites for hydroxylation is 2. The van der Waals surface area contributed by atoms with Crippen molar-refractivity contribution in [3.63, 3.8) is 0 Å². The molecule has 0 aliphatic carbocycles. The highest BCUT2D eigenvalue weighted by Gasteiger charge is 2.05. The molecule has 0 atom stereocenters. The van der Waals surface area contributed by atoms with Crippen molar-refractivity contribution in [3.05, 3.63) is 54.4 Å². The topological polar surface area (TPSA) is 87.7 Å². The molecular formula is C17H18N6O2. The fourth-order valence-corrected chi connectivity index (χ4v) is 2.16. The maximum absolute atomic E-state index is 11.6. The number of nitrogens with zero attached hydrogens (tertiary/aromatic N) is 6. The minimum Gasteiger partial charge on any atom is -0.462 e. The molecule has 0 aliphatic heterocycles. The molecule has 2 aromatic heterocycles. The Kier molecular flexibility index (Phi) is 5.30. The predicted octanol–water partition coefficient (Wildman–Crippen LogP) is 1.72. The van der Waals surface area contributed by atoms with E-state index < -0.39 is 0 Å². The summed E-state index contributed by atoms with van der Waals surface area (Å²) in [5, 5.41) is 16.3. The number of hydrogen-bond donors (Lipinski definition) is 0. The van der Waals surface area contributed by atoms with Crippen LogP contribution in [0.5, 0.6) is 0 Å². The SMILES string of the molecule is Cn1cc(C=CC(=O)OCCCn2nnc(-c3ccccc3)n2)cn1. The number of carbonyl (C=O) groups excluding carboxylic acids is 1. The molecular weight excluding hydrogens is 320 g/mol. The second-order valence-electron chi connectivity index (χ2n) is 5.38. The third kappa shape index (κ3) is 4.84. The van der Waals surface area contributed by atoms with Crippen LogP contribution in [0.4, 0.5) is 0 Å². The zero-order valence-corrected chi connectivity index (χ0v) is 13.8. The maximum Gasteiger partial charge on any atom is 0.330 e. The highest BCUT2D eigenvalue weighted by Crippen LogP contribution is 2.11. The Morgan fingerprint density at radius 2 is 2.12 bits per heavy atom. The third-order valence-corrected chi connectivity index (χ3v) is 3.37. The fourth-order valence-electron chi connectivity index (χ4n) is 2.16. The van der Waals surface area contributed by atoms with Crippen LogP contribution in [0.3, 0.4) is 0 Å². The summed E-state index contributed by atoms with van der Waals surface area (Å²) < 4.78 is 6.81. The summed E-state index contributed by atoms with van der Waals surface area (Å²) in [4.78, 5) is 13.1. The Labute approximate surface area is 144 Å². The van der Waals surface area contributed by atoms with Crippen LogP contribution in [0.25, 0.3) is 17.5 Å². The van der Waals surface area contributed by atoms with Crippen molar-refractivity contribution < 1.29 is 9.53 Å². The first kappa shape index (κ1) is 16.6. The average molecular weight is 338 g/mol. The van der Waals surface area contributed by atoms with E-state index in [0.29, 0.717) is 25.4 Å². The van der Waals surface area contributed by atoms with Crippen LogP contribution in [-0.2, 0) is 23.1 Å². The van der Waals surface area contributed by atoms with Gasteiger partial charge in [-0.05, 0) is 11.3 Å². The molecule has 2 heterocycles. The van der Waals surface area contributed by atoms with E-state index >= 15 is 0 Å². The van der Waals surface area contributed by atoms with Gasteiger partial charge in [-0.3, -0.25) is 4.68 Å². The second kappa shape index (κ2) is 8.00. The summed E-state index contributed by atoms with van der Waals surface area (Å²) in [6.45, 7) is 0.817. The van der Waals surface area contributed by atoms with Gasteiger partial charge in [0.1, 0.15) is 0 Å². The third-order valence-electron chi connectivity index (χ3n) is 3.37. The largest absolute Gasteiger partial charge is 0.462 e. The Morgan fingerprint density at radius 1 is 1.28 bits per heavy atom. The van der Waals surface area contributed by atoms with Crippen LogP contribution in [0.15, 0.2) is 48.8 Å². The molecule has 0 saturated heterocycles. The van der Waals surface area contributed by atoms with Crippen molar-refractivity contribution in [2.24, 2.45) is 7.05 Å². The number of esters is 1. The molecule has 0 spiro atoms. The van der Waals surface area contributed by atoms with E-state index in [1.165, 1.54) is 10.9 Å². The van der Waals surface area contributed by atoms with E-state index in [1.807, 2.05) is 43.6 Å². The number of rotatable bonds is 7. The maximum atomic E-state index is 11.6. The van der Waals surface area contributed by atoms with Crippen LogP contribution in [-0.4, -0.2) is 42.6 Å². The van der Waals surface area contributed by atoms with Crippen molar-refractivity contribution in [1.29, 1.82) is 0 Å². The molecule has 0 fully saturated rings. The van der Waals surface area contributed by atoms with Gasteiger partial charge in [-0.1, -0.05) is 30.3 Å². The highest BCUT2D eigenvalue weighted by molar-refractivity contribution is 5.86. The second-order valence-corrected chi connectivity index (χ2v) is 5.38. The molecule has 0 aliphatic rings. The summed E-state index contributed by atoms with van der Waals surface area (Å²) in [6, 6.07) is 9.64. The van der Waals surface area contributed by atoms with Crippen molar-refractivity contribution in [2.75, 3.05) is 6.61 Å². The minimum atomic E-state index is -0.389. The molecule has 0 bridgehead atoms. The average Bonchev–Trinajstić information content (AvgIpc) is 3.27. The van der Waals surface area contributed by atoms with E-state index in [9.17, 15) is 4.79 Å². The molecule has 0 saturated carbocycles. The van der Waals surface area contributed by atoms with Gasteiger partial charge in [-0.15, -0.1) is 10.2 Å². The van der Waals surface area contributed by atoms with Crippen LogP contribution in [0, 0.1) is 0 Å². The molecule has 25 heavy (non-hydrogen) atoms. The number of aromatic nitrogens is 6. The van der Waals surface area contributed by atoms with Crippen LogP contribution < -0.4 is 0 Å². The van der Waals surface area contributed by atoms with Gasteiger partial charge in [0.05, 0.1) is 19.3 Å². The fraction of sp³-hybridized carbons (Fsp3) is 0.235. The van der Waals surface area contributed by atoms with E-state index in [2.05, 4.69) is 20.5 Å². The Bertz CT molecular complexity index is 853. The normalized spacial score (nSPS) is 11.1. The van der Waals surface area contributed by atoms with E-state index in [4.69, 9.17) is 4.74 Å². The molecule has 0 N–H and O–H groups in total. The molecule has 8 heteroatoms. The van der Waals surface area contributed by atoms with Gasteiger partial charge >= 0.3 is 5.97 Å². The summed E-state index contributed by atoms with van der Waals surface area (Å²) >= 11 is 0. The van der Waals surface area contributed by atoms with Crippen LogP contribution in [0.1, 0.15) is 12.0 Å². The van der Waals surface area contributed by atoms with E-state index in [-0.39, 0.29) is 5.97 Å². The first-order chi connectivity index (χ1) is 12.2. The summed E-state index contributed by atoms with van der Waals surface area (Å²) in [6.07, 6.45) is 7.14. The van der Waals surface area contributed by atoms with Crippen molar-refractivity contribution in [1.82, 2.24) is 30.0 Å². The van der Waals surface area contributed by atoms with Crippen molar-refractivity contribution in [2.45, 2.75) is 13.0 Å². The summed E-state index contributed by atoms with van der Waals surface area (Å²) in [5.74, 6) is 0.192. The van der Waals surface area contributed by atoms with Crippen LogP contribution >= 0.6 is 0 Å². The monoisotopic (exact) mass is 338 g/mol. The lowest BCUT2D eigenvalue weighted by atomic mass is 10.2. The molecule has 0 radical (unpaired) electrons. The number of ether oxygens (including phenoxy) is 1. The van der Waals surface area contributed by atoms with Crippen LogP contribution in [0.2, 0.25) is 0 Å². The van der Waals surface area contributed by atoms with Gasteiger partial charge in [0.2, 0.25) is 5.82 Å². The molecule has 3 rings (SSSR count). The van der Waals surface area contributed by atoms with Gasteiger partial charge in [-0.25, -0.2) is 4.79 Å². The van der Waals surface area contributed by atoms with Crippen molar-refractivity contribution in [3.8, 4) is 11.4 Å². The lowest BCUT2D eigenvalue weighted by Gasteiger charge is -2.01. The molecule has 3 aromatic rings. The quantitative estimate of drug-likeness (QED) is 0.370. The van der Waals surface area contributed by atoms with E-state index in [1.54, 1.807) is 17.0 Å². The first-order valence-electron chi connectivity index (χ1n) is 7.87. The zero-order chi connectivity index (χ0) is 17.5. The first-order valence-corrected chi connectivity index (χ1v) is 7.87. The van der Waals surface area contributed by atoms with Gasteiger partial charge < -0.3 is 4.74 Å². The van der Waals surface area contributed by atoms with Gasteiger partial charge in [0, 0.05) is 36.9 Å². The number of carbonyl (C=O) groups is 1. The molecule has 0 amide bonds. The Hall–Kier alpha value is -3.29. The highest BCUT2D eigenvalue weighted by atomic mass is 16.5. The molecule has 0 unspecified atom stereocenters. The summed E-state index contributed by atoms with van der Waals surface area (Å²) in [7, 11) is 1.82. The standard InChI is InChI=1S/C17H18N6O2/c1-22-13-14(12-18-22)8-9-16(24)25-11-5-10-23-20-17(19-21-23)15-6-3-2-4-7-15/h2-4,6-9,12-13H,5,10-11H2,1H3. The molecule has 8 nitrogen and oxygen atoms in total. The minimum absolute atomic E-state index is 0.290. The van der Waals surface area contributed by atoms with Crippen molar-refractivity contribution >= 4 is 12.0 Å². The molecule has 128 valence electrons. The molecule has 1 aromatic carbocycles. The van der Waals surface area contributed by atoms with Gasteiger partial charge in [0.15, 0.2) is 0 Å². The van der Waals surface area contributed by atoms with Gasteiger partial charge in [-0.2, -0.15) is 9.90 Å². The predicted molar refractivity (Wildman–Crippen MR) is 91.1 cm³/mol. The summed E-state index contributed by atoms with van der Waals surface area (Å²) in [5.41, 5.74) is 1.76. The number of hydrogen-bond acceptors (Lipinski definition) is 6. The smallest absolute Gasteiger partial charge is 0.330 e. The Morgan fingerprint density at radius 3 is 2.88 bits per heavy atom. The number of benzene rings is 1. The zero-order valence-electron chi connectivity index (χ0n) is 13.8. The Balaban J connectivity index is 1.40. The number of tetrazole rings is 1. The lowest BCUT2D eigenvalue weighted by molar-refractivity contribution is -0.137. The lowest BCUT2D eigenvalue weighted by Crippen LogP contribution is -2.08.